The average molecular weight is 398 g/mol. The summed E-state index contributed by atoms with van der Waals surface area (Å²) >= 11 is 5.86. The number of methoxy groups -OCH3 is 1. The highest BCUT2D eigenvalue weighted by Crippen LogP contribution is 2.21. The number of carbonyl (C=O) groups excluding carboxylic acids is 1. The Morgan fingerprint density at radius 2 is 1.93 bits per heavy atom. The van der Waals surface area contributed by atoms with Gasteiger partial charge >= 0.3 is 0 Å². The minimum absolute atomic E-state index is 0.142. The number of aromatic nitrogens is 2. The lowest BCUT2D eigenvalue weighted by Crippen LogP contribution is -2.34. The minimum atomic E-state index is -0.334. The smallest absolute Gasteiger partial charge is 0.267 e. The second-order valence-electron chi connectivity index (χ2n) is 6.17. The molecule has 0 unspecified atom stereocenters. The van der Waals surface area contributed by atoms with Crippen LogP contribution in [0.1, 0.15) is 5.56 Å². The van der Waals surface area contributed by atoms with Gasteiger partial charge in [0.15, 0.2) is 0 Å². The lowest BCUT2D eigenvalue weighted by molar-refractivity contribution is -0.121. The summed E-state index contributed by atoms with van der Waals surface area (Å²) in [5.41, 5.74) is 2.13. The highest BCUT2D eigenvalue weighted by atomic mass is 35.5. The van der Waals surface area contributed by atoms with Crippen molar-refractivity contribution in [3.05, 3.63) is 81.6 Å². The van der Waals surface area contributed by atoms with E-state index in [2.05, 4.69) is 10.4 Å². The number of nitrogens with one attached hydrogen (secondary N) is 1. The van der Waals surface area contributed by atoms with Gasteiger partial charge in [-0.2, -0.15) is 5.10 Å². The number of hydrogen-bond acceptors (Lipinski definition) is 4. The molecule has 3 aromatic rings. The summed E-state index contributed by atoms with van der Waals surface area (Å²) in [5.74, 6) is 0.420. The topological polar surface area (TPSA) is 73.2 Å². The van der Waals surface area contributed by atoms with E-state index in [-0.39, 0.29) is 18.0 Å². The molecule has 2 aromatic carbocycles. The Labute approximate surface area is 167 Å². The summed E-state index contributed by atoms with van der Waals surface area (Å²) in [6.07, 6.45) is 0.676. The van der Waals surface area contributed by atoms with Crippen LogP contribution in [0.5, 0.6) is 5.75 Å². The second-order valence-corrected chi connectivity index (χ2v) is 6.61. The molecular formula is C21H20ClN3O3. The van der Waals surface area contributed by atoms with Crippen molar-refractivity contribution >= 4 is 17.5 Å². The molecule has 7 heteroatoms. The number of hydrogen-bond donors (Lipinski definition) is 1. The van der Waals surface area contributed by atoms with E-state index in [4.69, 9.17) is 16.3 Å². The number of benzene rings is 2. The zero-order valence-corrected chi connectivity index (χ0v) is 16.1. The molecule has 0 spiro atoms. The van der Waals surface area contributed by atoms with Gasteiger partial charge in [-0.15, -0.1) is 0 Å². The molecule has 0 aliphatic rings. The molecule has 1 N–H and O–H groups in total. The Morgan fingerprint density at radius 3 is 2.68 bits per heavy atom. The van der Waals surface area contributed by atoms with Crippen LogP contribution in [0, 0.1) is 0 Å². The predicted molar refractivity (Wildman–Crippen MR) is 109 cm³/mol. The van der Waals surface area contributed by atoms with Crippen molar-refractivity contribution in [2.45, 2.75) is 13.0 Å². The molecule has 3 rings (SSSR count). The van der Waals surface area contributed by atoms with Crippen LogP contribution in [-0.4, -0.2) is 29.3 Å². The van der Waals surface area contributed by atoms with Gasteiger partial charge in [-0.25, -0.2) is 4.68 Å². The maximum absolute atomic E-state index is 12.2. The third-order valence-corrected chi connectivity index (χ3v) is 4.43. The van der Waals surface area contributed by atoms with Gasteiger partial charge < -0.3 is 10.1 Å². The first-order valence-electron chi connectivity index (χ1n) is 8.79. The van der Waals surface area contributed by atoms with Gasteiger partial charge in [-0.3, -0.25) is 9.59 Å². The van der Waals surface area contributed by atoms with Crippen molar-refractivity contribution in [3.8, 4) is 17.0 Å². The Balaban J connectivity index is 1.63. The molecule has 1 amide bonds. The Morgan fingerprint density at radius 1 is 1.14 bits per heavy atom. The first-order valence-corrected chi connectivity index (χ1v) is 9.17. The van der Waals surface area contributed by atoms with Crippen molar-refractivity contribution in [3.63, 3.8) is 0 Å². The normalized spacial score (nSPS) is 10.5. The first kappa shape index (κ1) is 19.6. The van der Waals surface area contributed by atoms with Gasteiger partial charge in [0.05, 0.1) is 12.8 Å². The van der Waals surface area contributed by atoms with Gasteiger partial charge in [0.25, 0.3) is 5.56 Å². The first-order chi connectivity index (χ1) is 13.5. The van der Waals surface area contributed by atoms with E-state index in [0.717, 1.165) is 15.8 Å². The largest absolute Gasteiger partial charge is 0.497 e. The molecule has 0 saturated heterocycles. The van der Waals surface area contributed by atoms with Crippen LogP contribution in [0.15, 0.2) is 65.5 Å². The number of ether oxygens (including phenoxy) is 1. The van der Waals surface area contributed by atoms with Gasteiger partial charge in [0.2, 0.25) is 5.91 Å². The molecule has 1 aromatic heterocycles. The monoisotopic (exact) mass is 397 g/mol. The average Bonchev–Trinajstić information content (AvgIpc) is 2.71. The number of carbonyl (C=O) groups is 1. The highest BCUT2D eigenvalue weighted by Gasteiger charge is 2.08. The summed E-state index contributed by atoms with van der Waals surface area (Å²) in [6.45, 7) is 0.321. The van der Waals surface area contributed by atoms with E-state index in [0.29, 0.717) is 29.4 Å². The lowest BCUT2D eigenvalue weighted by atomic mass is 10.1. The van der Waals surface area contributed by atoms with Crippen LogP contribution in [0.25, 0.3) is 11.3 Å². The number of rotatable bonds is 7. The fourth-order valence-corrected chi connectivity index (χ4v) is 2.81. The molecule has 0 bridgehead atoms. The summed E-state index contributed by atoms with van der Waals surface area (Å²) in [6, 6.07) is 17.8. The van der Waals surface area contributed by atoms with Crippen LogP contribution >= 0.6 is 11.6 Å². The van der Waals surface area contributed by atoms with Crippen LogP contribution in [0.2, 0.25) is 5.02 Å². The predicted octanol–water partition coefficient (Wildman–Crippen LogP) is 2.93. The van der Waals surface area contributed by atoms with E-state index < -0.39 is 0 Å². The van der Waals surface area contributed by atoms with Gasteiger partial charge in [0, 0.05) is 23.2 Å². The highest BCUT2D eigenvalue weighted by molar-refractivity contribution is 6.30. The molecule has 0 atom stereocenters. The molecule has 0 aliphatic heterocycles. The molecule has 144 valence electrons. The summed E-state index contributed by atoms with van der Waals surface area (Å²) in [4.78, 5) is 24.3. The lowest BCUT2D eigenvalue weighted by Gasteiger charge is -2.09. The Kier molecular flexibility index (Phi) is 6.45. The van der Waals surface area contributed by atoms with Crippen molar-refractivity contribution in [1.82, 2.24) is 15.1 Å². The molecular weight excluding hydrogens is 378 g/mol. The minimum Gasteiger partial charge on any atom is -0.497 e. The van der Waals surface area contributed by atoms with E-state index in [1.165, 1.54) is 6.07 Å². The summed E-state index contributed by atoms with van der Waals surface area (Å²) in [7, 11) is 1.59. The summed E-state index contributed by atoms with van der Waals surface area (Å²) < 4.78 is 6.37. The SMILES string of the molecule is COc1cccc(-c2ccc(=O)n(CC(=O)NCCc3ccc(Cl)cc3)n2)c1. The van der Waals surface area contributed by atoms with Crippen LogP contribution in [0.4, 0.5) is 0 Å². The standard InChI is InChI=1S/C21H20ClN3O3/c1-28-18-4-2-3-16(13-18)19-9-10-21(27)25(24-19)14-20(26)23-12-11-15-5-7-17(22)8-6-15/h2-10,13H,11-12,14H2,1H3,(H,23,26). The zero-order valence-electron chi connectivity index (χ0n) is 15.4. The van der Waals surface area contributed by atoms with Crippen molar-refractivity contribution < 1.29 is 9.53 Å². The van der Waals surface area contributed by atoms with Gasteiger partial charge in [-0.05, 0) is 42.3 Å². The quantitative estimate of drug-likeness (QED) is 0.665. The molecule has 6 nitrogen and oxygen atoms in total. The van der Waals surface area contributed by atoms with Crippen molar-refractivity contribution in [2.75, 3.05) is 13.7 Å². The van der Waals surface area contributed by atoms with Gasteiger partial charge in [-0.1, -0.05) is 35.9 Å². The molecule has 0 radical (unpaired) electrons. The molecule has 28 heavy (non-hydrogen) atoms. The second kappa shape index (κ2) is 9.19. The maximum atomic E-state index is 12.2. The fraction of sp³-hybridized carbons (Fsp3) is 0.190. The van der Waals surface area contributed by atoms with E-state index in [1.807, 2.05) is 48.5 Å². The van der Waals surface area contributed by atoms with Crippen LogP contribution < -0.4 is 15.6 Å². The van der Waals surface area contributed by atoms with Crippen LogP contribution in [-0.2, 0) is 17.8 Å². The molecule has 0 saturated carbocycles. The zero-order chi connectivity index (χ0) is 19.9. The molecule has 0 fully saturated rings. The molecule has 1 heterocycles. The Hall–Kier alpha value is -3.12. The number of nitrogens with zero attached hydrogens (tertiary/aromatic N) is 2. The van der Waals surface area contributed by atoms with E-state index in [9.17, 15) is 9.59 Å². The Bertz CT molecular complexity index is 1020. The van der Waals surface area contributed by atoms with E-state index >= 15 is 0 Å². The van der Waals surface area contributed by atoms with Crippen molar-refractivity contribution in [2.24, 2.45) is 0 Å². The van der Waals surface area contributed by atoms with Gasteiger partial charge in [0.1, 0.15) is 12.3 Å². The maximum Gasteiger partial charge on any atom is 0.267 e. The third kappa shape index (κ3) is 5.20. The number of amides is 1. The van der Waals surface area contributed by atoms with Crippen molar-refractivity contribution in [1.29, 1.82) is 0 Å². The third-order valence-electron chi connectivity index (χ3n) is 4.17. The molecule has 0 aliphatic carbocycles. The van der Waals surface area contributed by atoms with Crippen LogP contribution in [0.3, 0.4) is 0 Å². The summed E-state index contributed by atoms with van der Waals surface area (Å²) in [5, 5.41) is 7.79. The number of halogens is 1. The van der Waals surface area contributed by atoms with E-state index in [1.54, 1.807) is 13.2 Å². The fourth-order valence-electron chi connectivity index (χ4n) is 2.69.